The number of aromatic amines is 1. The molecular formula is C15H14F3N3OS. The van der Waals surface area contributed by atoms with E-state index < -0.39 is 28.3 Å². The summed E-state index contributed by atoms with van der Waals surface area (Å²) < 4.78 is 42.5. The van der Waals surface area contributed by atoms with Gasteiger partial charge in [0.05, 0.1) is 15.9 Å². The fraction of sp³-hybridized carbons (Fsp3) is 0.333. The first-order valence-electron chi connectivity index (χ1n) is 7.01. The summed E-state index contributed by atoms with van der Waals surface area (Å²) in [6.45, 7) is 5.46. The number of aliphatic imine (C=N–C) groups is 1. The molecule has 0 spiro atoms. The third-order valence-electron chi connectivity index (χ3n) is 3.61. The molecule has 0 aliphatic carbocycles. The second-order valence-electron chi connectivity index (χ2n) is 5.54. The maximum atomic E-state index is 14.2. The van der Waals surface area contributed by atoms with Crippen LogP contribution in [0.3, 0.4) is 0 Å². The highest BCUT2D eigenvalue weighted by Gasteiger charge is 2.33. The Morgan fingerprint density at radius 3 is 2.61 bits per heavy atom. The predicted octanol–water partition coefficient (Wildman–Crippen LogP) is 4.06. The molecule has 8 heteroatoms. The average molecular weight is 341 g/mol. The number of nitrogens with one attached hydrogen (secondary N) is 1. The van der Waals surface area contributed by atoms with E-state index in [4.69, 9.17) is 0 Å². The monoisotopic (exact) mass is 341 g/mol. The Bertz CT molecular complexity index is 870. The number of benzene rings is 1. The van der Waals surface area contributed by atoms with Crippen molar-refractivity contribution in [1.29, 1.82) is 0 Å². The topological polar surface area (TPSA) is 50.1 Å². The van der Waals surface area contributed by atoms with Crippen LogP contribution in [0.25, 0.3) is 0 Å². The highest BCUT2D eigenvalue weighted by Crippen LogP contribution is 2.45. The predicted molar refractivity (Wildman–Crippen MR) is 84.0 cm³/mol. The largest absolute Gasteiger partial charge is 0.271 e. The van der Waals surface area contributed by atoms with Crippen LogP contribution in [-0.4, -0.2) is 14.8 Å². The Labute approximate surface area is 134 Å². The van der Waals surface area contributed by atoms with E-state index in [1.54, 1.807) is 11.6 Å². The highest BCUT2D eigenvalue weighted by molar-refractivity contribution is 8.14. The molecule has 0 bridgehead atoms. The molecule has 2 aromatic rings. The fourth-order valence-electron chi connectivity index (χ4n) is 2.55. The molecule has 3 rings (SSSR count). The number of H-pyrrole nitrogens is 1. The van der Waals surface area contributed by atoms with Crippen molar-refractivity contribution in [2.24, 2.45) is 4.99 Å². The van der Waals surface area contributed by atoms with Crippen molar-refractivity contribution in [3.63, 3.8) is 0 Å². The van der Waals surface area contributed by atoms with Crippen LogP contribution in [0.5, 0.6) is 0 Å². The van der Waals surface area contributed by atoms with E-state index in [9.17, 15) is 18.0 Å². The van der Waals surface area contributed by atoms with Gasteiger partial charge >= 0.3 is 0 Å². The molecule has 122 valence electrons. The van der Waals surface area contributed by atoms with Crippen LogP contribution in [0.15, 0.2) is 21.9 Å². The number of hydrogen-bond donors (Lipinski definition) is 1. The van der Waals surface area contributed by atoms with E-state index in [1.807, 2.05) is 13.8 Å². The molecule has 0 saturated carbocycles. The molecular weight excluding hydrogens is 327 g/mol. The van der Waals surface area contributed by atoms with Crippen LogP contribution in [0.1, 0.15) is 43.2 Å². The Balaban J connectivity index is 2.24. The minimum absolute atomic E-state index is 0.0541. The van der Waals surface area contributed by atoms with Crippen molar-refractivity contribution in [3.05, 3.63) is 51.1 Å². The van der Waals surface area contributed by atoms with Gasteiger partial charge in [0.1, 0.15) is 0 Å². The van der Waals surface area contributed by atoms with E-state index in [0.29, 0.717) is 10.9 Å². The van der Waals surface area contributed by atoms with E-state index in [2.05, 4.69) is 10.1 Å². The van der Waals surface area contributed by atoms with E-state index in [0.717, 1.165) is 17.8 Å². The van der Waals surface area contributed by atoms with Crippen molar-refractivity contribution >= 4 is 22.6 Å². The number of thioether (sulfide) groups is 1. The summed E-state index contributed by atoms with van der Waals surface area (Å²) >= 11 is 1.14. The lowest BCUT2D eigenvalue weighted by Crippen LogP contribution is -2.15. The lowest BCUT2D eigenvalue weighted by atomic mass is 10.0. The van der Waals surface area contributed by atoms with Gasteiger partial charge < -0.3 is 0 Å². The molecule has 1 aliphatic rings. The first-order valence-corrected chi connectivity index (χ1v) is 7.89. The second-order valence-corrected chi connectivity index (χ2v) is 6.83. The number of fused-ring (bicyclic) bond motifs is 1. The van der Waals surface area contributed by atoms with E-state index >= 15 is 0 Å². The standard InChI is InChI=1S/C15H14F3N3OS/c1-6(2)21-14-10(15(22)20-21)13(23-7(3)19-14)8-4-5-9(16)12(18)11(8)17/h4-6,13H,1-3H3,(H,20,22)/t13-/m0/s1. The summed E-state index contributed by atoms with van der Waals surface area (Å²) in [7, 11) is 0. The molecule has 0 fully saturated rings. The minimum Gasteiger partial charge on any atom is -0.268 e. The molecule has 0 saturated heterocycles. The average Bonchev–Trinajstić information content (AvgIpc) is 2.81. The molecule has 23 heavy (non-hydrogen) atoms. The summed E-state index contributed by atoms with van der Waals surface area (Å²) in [5, 5.41) is 2.51. The van der Waals surface area contributed by atoms with Gasteiger partial charge in [-0.15, -0.1) is 0 Å². The van der Waals surface area contributed by atoms with E-state index in [-0.39, 0.29) is 17.2 Å². The summed E-state index contributed by atoms with van der Waals surface area (Å²) in [4.78, 5) is 16.6. The maximum absolute atomic E-state index is 14.2. The van der Waals surface area contributed by atoms with E-state index in [1.165, 1.54) is 6.07 Å². The van der Waals surface area contributed by atoms with Gasteiger partial charge in [0.25, 0.3) is 5.56 Å². The molecule has 4 nitrogen and oxygen atoms in total. The Morgan fingerprint density at radius 1 is 1.26 bits per heavy atom. The number of nitrogens with zero attached hydrogens (tertiary/aromatic N) is 2. The first kappa shape index (κ1) is 15.9. The maximum Gasteiger partial charge on any atom is 0.271 e. The van der Waals surface area contributed by atoms with Crippen LogP contribution < -0.4 is 5.56 Å². The zero-order chi connectivity index (χ0) is 16.9. The third kappa shape index (κ3) is 2.50. The summed E-state index contributed by atoms with van der Waals surface area (Å²) in [6, 6.07) is 1.98. The third-order valence-corrected chi connectivity index (χ3v) is 4.77. The van der Waals surface area contributed by atoms with Crippen LogP contribution in [0, 0.1) is 17.5 Å². The lowest BCUT2D eigenvalue weighted by Gasteiger charge is -2.22. The molecule has 1 aromatic heterocycles. The van der Waals surface area contributed by atoms with Gasteiger partial charge in [-0.1, -0.05) is 17.8 Å². The first-order chi connectivity index (χ1) is 10.8. The van der Waals surface area contributed by atoms with Crippen molar-refractivity contribution in [2.45, 2.75) is 32.1 Å². The highest BCUT2D eigenvalue weighted by atomic mass is 32.2. The number of hydrogen-bond acceptors (Lipinski definition) is 3. The molecule has 0 amide bonds. The summed E-state index contributed by atoms with van der Waals surface area (Å²) in [5.41, 5.74) is -0.234. The van der Waals surface area contributed by atoms with Gasteiger partial charge in [-0.25, -0.2) is 18.2 Å². The molecule has 1 N–H and O–H groups in total. The van der Waals surface area contributed by atoms with Gasteiger partial charge in [0.15, 0.2) is 23.3 Å². The van der Waals surface area contributed by atoms with Crippen LogP contribution in [0.2, 0.25) is 0 Å². The van der Waals surface area contributed by atoms with Gasteiger partial charge in [-0.2, -0.15) is 0 Å². The van der Waals surface area contributed by atoms with Gasteiger partial charge in [0, 0.05) is 11.6 Å². The second kappa shape index (κ2) is 5.59. The number of rotatable bonds is 2. The minimum atomic E-state index is -1.54. The van der Waals surface area contributed by atoms with Crippen molar-refractivity contribution < 1.29 is 13.2 Å². The molecule has 0 radical (unpaired) electrons. The molecule has 2 heterocycles. The van der Waals surface area contributed by atoms with Gasteiger partial charge in [-0.05, 0) is 26.8 Å². The zero-order valence-electron chi connectivity index (χ0n) is 12.7. The number of aromatic nitrogens is 2. The summed E-state index contributed by atoms with van der Waals surface area (Å²) in [5.74, 6) is -3.67. The molecule has 1 aromatic carbocycles. The number of halogens is 3. The van der Waals surface area contributed by atoms with Crippen molar-refractivity contribution in [2.75, 3.05) is 0 Å². The van der Waals surface area contributed by atoms with Crippen LogP contribution in [0.4, 0.5) is 19.0 Å². The molecule has 1 atom stereocenters. The van der Waals surface area contributed by atoms with Crippen molar-refractivity contribution in [3.8, 4) is 0 Å². The Kier molecular flexibility index (Phi) is 3.87. The fourth-order valence-corrected chi connectivity index (χ4v) is 3.66. The van der Waals surface area contributed by atoms with Gasteiger partial charge in [0.2, 0.25) is 0 Å². The van der Waals surface area contributed by atoms with Gasteiger partial charge in [-0.3, -0.25) is 14.6 Å². The molecule has 1 aliphatic heterocycles. The smallest absolute Gasteiger partial charge is 0.268 e. The normalized spacial score (nSPS) is 17.3. The van der Waals surface area contributed by atoms with Crippen LogP contribution >= 0.6 is 11.8 Å². The SMILES string of the molecule is CC1=Nc2c(c(=O)[nH]n2C(C)C)[C@H](c2ccc(F)c(F)c2F)S1. The molecule has 0 unspecified atom stereocenters. The Hall–Kier alpha value is -1.96. The zero-order valence-corrected chi connectivity index (χ0v) is 13.5. The lowest BCUT2D eigenvalue weighted by molar-refractivity contribution is 0.442. The Morgan fingerprint density at radius 2 is 1.96 bits per heavy atom. The van der Waals surface area contributed by atoms with Crippen LogP contribution in [-0.2, 0) is 0 Å². The quantitative estimate of drug-likeness (QED) is 0.838. The summed E-state index contributed by atoms with van der Waals surface area (Å²) in [6.07, 6.45) is 0. The van der Waals surface area contributed by atoms with Crippen molar-refractivity contribution in [1.82, 2.24) is 9.78 Å².